The largest absolute Gasteiger partial charge is 0.483 e. The topological polar surface area (TPSA) is 79.5 Å². The van der Waals surface area contributed by atoms with Crippen LogP contribution < -0.4 is 20.7 Å². The van der Waals surface area contributed by atoms with Gasteiger partial charge in [-0.05, 0) is 49.3 Å². The van der Waals surface area contributed by atoms with Crippen LogP contribution in [0.4, 0.5) is 4.79 Å². The van der Waals surface area contributed by atoms with Gasteiger partial charge in [0.15, 0.2) is 6.61 Å². The molecule has 1 saturated heterocycles. The number of fused-ring (bicyclic) bond motifs is 1. The average Bonchev–Trinajstić information content (AvgIpc) is 2.92. The number of carbonyl (C=O) groups is 2. The van der Waals surface area contributed by atoms with Gasteiger partial charge in [-0.3, -0.25) is 4.79 Å². The van der Waals surface area contributed by atoms with E-state index in [1.54, 1.807) is 0 Å². The number of benzene rings is 1. The Bertz CT molecular complexity index is 659. The second-order valence-electron chi connectivity index (χ2n) is 7.39. The fourth-order valence-electron chi connectivity index (χ4n) is 3.67. The van der Waals surface area contributed by atoms with Crippen LogP contribution in [0, 0.1) is 6.92 Å². The molecule has 3 N–H and O–H groups in total. The lowest BCUT2D eigenvalue weighted by Crippen LogP contribution is -2.48. The number of amides is 3. The summed E-state index contributed by atoms with van der Waals surface area (Å²) in [5.74, 6) is 1.01. The van der Waals surface area contributed by atoms with Crippen molar-refractivity contribution < 1.29 is 14.3 Å². The molecule has 3 unspecified atom stereocenters. The van der Waals surface area contributed by atoms with Gasteiger partial charge in [-0.2, -0.15) is 0 Å². The Morgan fingerprint density at radius 3 is 2.80 bits per heavy atom. The Balaban J connectivity index is 1.52. The van der Waals surface area contributed by atoms with E-state index in [-0.39, 0.29) is 36.7 Å². The average molecular weight is 345 g/mol. The number of rotatable bonds is 5. The molecule has 2 aliphatic rings. The van der Waals surface area contributed by atoms with Crippen molar-refractivity contribution in [1.82, 2.24) is 16.0 Å². The smallest absolute Gasteiger partial charge is 0.315 e. The van der Waals surface area contributed by atoms with Crippen LogP contribution in [-0.2, 0) is 4.79 Å². The predicted molar refractivity (Wildman–Crippen MR) is 95.8 cm³/mol. The highest BCUT2D eigenvalue weighted by atomic mass is 16.5. The van der Waals surface area contributed by atoms with E-state index < -0.39 is 0 Å². The van der Waals surface area contributed by atoms with Gasteiger partial charge in [-0.15, -0.1) is 0 Å². The molecule has 2 fully saturated rings. The quantitative estimate of drug-likeness (QED) is 0.765. The van der Waals surface area contributed by atoms with Gasteiger partial charge in [0.2, 0.25) is 0 Å². The highest BCUT2D eigenvalue weighted by molar-refractivity contribution is 5.78. The summed E-state index contributed by atoms with van der Waals surface area (Å²) in [6, 6.07) is 6.38. The van der Waals surface area contributed by atoms with Gasteiger partial charge >= 0.3 is 6.03 Å². The molecule has 3 amide bonds. The summed E-state index contributed by atoms with van der Waals surface area (Å²) in [5.41, 5.74) is 2.22. The molecule has 6 nitrogen and oxygen atoms in total. The van der Waals surface area contributed by atoms with E-state index in [4.69, 9.17) is 4.74 Å². The third-order valence-electron chi connectivity index (χ3n) is 5.00. The molecule has 3 rings (SSSR count). The molecule has 0 bridgehead atoms. The summed E-state index contributed by atoms with van der Waals surface area (Å²) in [4.78, 5) is 23.7. The molecule has 1 aromatic carbocycles. The molecule has 0 aromatic heterocycles. The van der Waals surface area contributed by atoms with E-state index >= 15 is 0 Å². The van der Waals surface area contributed by atoms with E-state index in [0.29, 0.717) is 5.92 Å². The minimum atomic E-state index is -0.114. The van der Waals surface area contributed by atoms with Gasteiger partial charge in [-0.1, -0.05) is 26.0 Å². The lowest BCUT2D eigenvalue weighted by molar-refractivity contribution is -0.124. The molecule has 136 valence electrons. The van der Waals surface area contributed by atoms with Gasteiger partial charge in [-0.25, -0.2) is 4.79 Å². The molecule has 6 heteroatoms. The van der Waals surface area contributed by atoms with Gasteiger partial charge in [0.25, 0.3) is 5.91 Å². The number of hydrogen-bond acceptors (Lipinski definition) is 3. The zero-order chi connectivity index (χ0) is 18.0. The molecule has 3 atom stereocenters. The van der Waals surface area contributed by atoms with E-state index in [1.807, 2.05) is 13.0 Å². The van der Waals surface area contributed by atoms with E-state index in [9.17, 15) is 9.59 Å². The molecule has 0 spiro atoms. The summed E-state index contributed by atoms with van der Waals surface area (Å²) < 4.78 is 5.79. The van der Waals surface area contributed by atoms with Crippen molar-refractivity contribution in [3.05, 3.63) is 29.3 Å². The Labute approximate surface area is 148 Å². The predicted octanol–water partition coefficient (Wildman–Crippen LogP) is 2.22. The van der Waals surface area contributed by atoms with Crippen LogP contribution in [0.3, 0.4) is 0 Å². The second kappa shape index (κ2) is 7.33. The van der Waals surface area contributed by atoms with E-state index in [0.717, 1.165) is 36.1 Å². The van der Waals surface area contributed by atoms with Crippen LogP contribution in [0.15, 0.2) is 18.2 Å². The third kappa shape index (κ3) is 4.24. The zero-order valence-corrected chi connectivity index (χ0v) is 15.1. The van der Waals surface area contributed by atoms with Gasteiger partial charge in [0, 0.05) is 6.04 Å². The SMILES string of the molecule is Cc1ccc(C(C)C)c(OCC(=O)NC2CCC3NC(=O)NC3C2)c1. The van der Waals surface area contributed by atoms with Crippen molar-refractivity contribution >= 4 is 11.9 Å². The van der Waals surface area contributed by atoms with Crippen LogP contribution in [-0.4, -0.2) is 36.7 Å². The second-order valence-corrected chi connectivity index (χ2v) is 7.39. The molecule has 1 aliphatic heterocycles. The molecule has 1 aliphatic carbocycles. The Hall–Kier alpha value is -2.24. The third-order valence-corrected chi connectivity index (χ3v) is 5.00. The lowest BCUT2D eigenvalue weighted by atomic mass is 9.88. The van der Waals surface area contributed by atoms with Crippen LogP contribution in [0.25, 0.3) is 0 Å². The normalized spacial score (nSPS) is 25.1. The first-order valence-corrected chi connectivity index (χ1v) is 9.02. The van der Waals surface area contributed by atoms with Crippen LogP contribution >= 0.6 is 0 Å². The minimum Gasteiger partial charge on any atom is -0.483 e. The Morgan fingerprint density at radius 1 is 1.28 bits per heavy atom. The maximum absolute atomic E-state index is 12.3. The van der Waals surface area contributed by atoms with Crippen molar-refractivity contribution in [1.29, 1.82) is 0 Å². The van der Waals surface area contributed by atoms with Crippen LogP contribution in [0.5, 0.6) is 5.75 Å². The highest BCUT2D eigenvalue weighted by Crippen LogP contribution is 2.27. The summed E-state index contributed by atoms with van der Waals surface area (Å²) in [7, 11) is 0. The number of urea groups is 1. The number of nitrogens with one attached hydrogen (secondary N) is 3. The summed E-state index contributed by atoms with van der Waals surface area (Å²) in [5, 5.41) is 8.86. The van der Waals surface area contributed by atoms with E-state index in [2.05, 4.69) is 41.9 Å². The van der Waals surface area contributed by atoms with Crippen molar-refractivity contribution in [3.63, 3.8) is 0 Å². The maximum Gasteiger partial charge on any atom is 0.315 e. The number of aryl methyl sites for hydroxylation is 1. The first-order chi connectivity index (χ1) is 11.9. The van der Waals surface area contributed by atoms with Crippen molar-refractivity contribution in [2.45, 2.75) is 64.1 Å². The molecule has 1 heterocycles. The molecule has 25 heavy (non-hydrogen) atoms. The van der Waals surface area contributed by atoms with Crippen molar-refractivity contribution in [2.75, 3.05) is 6.61 Å². The van der Waals surface area contributed by atoms with Crippen molar-refractivity contribution in [3.8, 4) is 5.75 Å². The number of carbonyl (C=O) groups excluding carboxylic acids is 2. The fourth-order valence-corrected chi connectivity index (χ4v) is 3.67. The molecule has 1 saturated carbocycles. The number of ether oxygens (including phenoxy) is 1. The molecule has 1 aromatic rings. The van der Waals surface area contributed by atoms with Crippen LogP contribution in [0.2, 0.25) is 0 Å². The Kier molecular flexibility index (Phi) is 5.16. The molecular formula is C19H27N3O3. The van der Waals surface area contributed by atoms with Gasteiger partial charge < -0.3 is 20.7 Å². The standard InChI is InChI=1S/C19H27N3O3/c1-11(2)14-6-4-12(3)8-17(14)25-10-18(23)20-13-5-7-15-16(9-13)22-19(24)21-15/h4,6,8,11,13,15-16H,5,7,9-10H2,1-3H3,(H,20,23)(H2,21,22,24). The maximum atomic E-state index is 12.3. The van der Waals surface area contributed by atoms with Gasteiger partial charge in [0.1, 0.15) is 5.75 Å². The zero-order valence-electron chi connectivity index (χ0n) is 15.1. The number of hydrogen-bond donors (Lipinski definition) is 3. The van der Waals surface area contributed by atoms with Gasteiger partial charge in [0.05, 0.1) is 12.1 Å². The minimum absolute atomic E-state index is 0.0123. The molecule has 0 radical (unpaired) electrons. The summed E-state index contributed by atoms with van der Waals surface area (Å²) >= 11 is 0. The first kappa shape index (κ1) is 17.6. The Morgan fingerprint density at radius 2 is 2.04 bits per heavy atom. The van der Waals surface area contributed by atoms with Crippen LogP contribution in [0.1, 0.15) is 50.2 Å². The van der Waals surface area contributed by atoms with E-state index in [1.165, 1.54) is 0 Å². The highest BCUT2D eigenvalue weighted by Gasteiger charge is 2.37. The first-order valence-electron chi connectivity index (χ1n) is 9.02. The fraction of sp³-hybridized carbons (Fsp3) is 0.579. The lowest BCUT2D eigenvalue weighted by Gasteiger charge is -2.31. The monoisotopic (exact) mass is 345 g/mol. The van der Waals surface area contributed by atoms with Crippen molar-refractivity contribution in [2.24, 2.45) is 0 Å². The molecular weight excluding hydrogens is 318 g/mol. The summed E-state index contributed by atoms with van der Waals surface area (Å²) in [6.07, 6.45) is 2.51. The summed E-state index contributed by atoms with van der Waals surface area (Å²) in [6.45, 7) is 6.25.